The summed E-state index contributed by atoms with van der Waals surface area (Å²) in [7, 11) is 0. The van der Waals surface area contributed by atoms with Gasteiger partial charge < -0.3 is 31.6 Å². The number of hydrogen-bond donors (Lipinski definition) is 1. The van der Waals surface area contributed by atoms with E-state index in [1.54, 1.807) is 0 Å². The highest BCUT2D eigenvalue weighted by atomic mass is 35.5. The number of rotatable bonds is 4. The van der Waals surface area contributed by atoms with Gasteiger partial charge in [-0.05, 0) is 29.8 Å². The number of aromatic nitrogens is 2. The molecule has 2 aromatic heterocycles. The molecule has 27 heavy (non-hydrogen) atoms. The predicted octanol–water partition coefficient (Wildman–Crippen LogP) is 1.28. The molecule has 1 aliphatic rings. The van der Waals surface area contributed by atoms with Crippen molar-refractivity contribution in [3.63, 3.8) is 0 Å². The fourth-order valence-electron chi connectivity index (χ4n) is 3.15. The molecule has 4 aromatic rings. The second kappa shape index (κ2) is 6.96. The maximum Gasteiger partial charge on any atom is 0.231 e. The number of anilines is 1. The second-order valence-corrected chi connectivity index (χ2v) is 6.16. The highest BCUT2D eigenvalue weighted by Crippen LogP contribution is 2.34. The maximum atomic E-state index is 6.01. The summed E-state index contributed by atoms with van der Waals surface area (Å²) in [5.74, 6) is 3.05. The molecular weight excluding hydrogens is 366 g/mol. The number of furan rings is 1. The van der Waals surface area contributed by atoms with Gasteiger partial charge in [0.05, 0.1) is 0 Å². The molecule has 1 N–H and O–H groups in total. The molecule has 7 heteroatoms. The van der Waals surface area contributed by atoms with E-state index in [-0.39, 0.29) is 19.2 Å². The van der Waals surface area contributed by atoms with Crippen molar-refractivity contribution in [1.29, 1.82) is 0 Å². The number of nitrogens with zero attached hydrogens (tertiary/aromatic N) is 2. The van der Waals surface area contributed by atoms with Gasteiger partial charge in [0.25, 0.3) is 0 Å². The van der Waals surface area contributed by atoms with Crippen molar-refractivity contribution >= 4 is 27.9 Å². The smallest absolute Gasteiger partial charge is 0.231 e. The first kappa shape index (κ1) is 17.4. The van der Waals surface area contributed by atoms with E-state index in [9.17, 15) is 0 Å². The Bertz CT molecular complexity index is 1130. The molecule has 0 amide bonds. The molecule has 0 saturated carbocycles. The average molecular weight is 383 g/mol. The van der Waals surface area contributed by atoms with Gasteiger partial charge in [-0.1, -0.05) is 25.1 Å². The molecule has 3 heterocycles. The lowest BCUT2D eigenvalue weighted by Gasteiger charge is -2.08. The summed E-state index contributed by atoms with van der Waals surface area (Å²) in [6.45, 7) is 2.92. The van der Waals surface area contributed by atoms with Gasteiger partial charge in [0, 0.05) is 18.4 Å². The maximum absolute atomic E-state index is 6.01. The fourth-order valence-corrected chi connectivity index (χ4v) is 3.15. The summed E-state index contributed by atoms with van der Waals surface area (Å²) in [5.41, 5.74) is 3.43. The summed E-state index contributed by atoms with van der Waals surface area (Å²) < 4.78 is 16.8. The Kier molecular flexibility index (Phi) is 4.49. The number of halogens is 1. The number of benzene rings is 2. The molecule has 0 atom stereocenters. The summed E-state index contributed by atoms with van der Waals surface area (Å²) >= 11 is 0. The minimum absolute atomic E-state index is 0. The lowest BCUT2D eigenvalue weighted by Crippen LogP contribution is -3.00. The monoisotopic (exact) mass is 382 g/mol. The first-order chi connectivity index (χ1) is 12.8. The van der Waals surface area contributed by atoms with Crippen molar-refractivity contribution in [3.05, 3.63) is 53.9 Å². The predicted molar refractivity (Wildman–Crippen MR) is 98.6 cm³/mol. The molecule has 5 rings (SSSR count). The van der Waals surface area contributed by atoms with Gasteiger partial charge in [0.15, 0.2) is 22.9 Å². The first-order valence-corrected chi connectivity index (χ1v) is 8.62. The van der Waals surface area contributed by atoms with Crippen LogP contribution < -0.4 is 27.2 Å². The van der Waals surface area contributed by atoms with Crippen molar-refractivity contribution in [2.75, 3.05) is 12.1 Å². The van der Waals surface area contributed by atoms with Crippen LogP contribution in [0.1, 0.15) is 18.3 Å². The third kappa shape index (κ3) is 3.02. The Labute approximate surface area is 161 Å². The number of aryl methyl sites for hydroxylation is 1. The number of para-hydroxylation sites is 1. The minimum Gasteiger partial charge on any atom is -1.00 e. The standard InChI is InChI=1S/C20H17N3O3.ClH/c1-2-17-22-18-13-5-3-4-6-14(13)26-19(18)20(23-17)21-10-12-7-8-15-16(9-12)25-11-24-15;/h3-9H,2,10-11H2,1H3,(H,21,22,23);1H/p-1. The SMILES string of the molecule is CCc1nc(NCc2ccc3c(c2)OCO3)c2oc3ccccc3c2n1.[Cl-]. The summed E-state index contributed by atoms with van der Waals surface area (Å²) in [5, 5.41) is 4.39. The van der Waals surface area contributed by atoms with Crippen molar-refractivity contribution < 1.29 is 26.3 Å². The van der Waals surface area contributed by atoms with Gasteiger partial charge in [0.1, 0.15) is 16.9 Å². The zero-order chi connectivity index (χ0) is 17.5. The molecule has 0 aliphatic carbocycles. The van der Waals surface area contributed by atoms with Crippen molar-refractivity contribution in [2.24, 2.45) is 0 Å². The highest BCUT2D eigenvalue weighted by molar-refractivity contribution is 6.05. The van der Waals surface area contributed by atoms with Crippen LogP contribution >= 0.6 is 0 Å². The highest BCUT2D eigenvalue weighted by Gasteiger charge is 2.16. The van der Waals surface area contributed by atoms with Crippen molar-refractivity contribution in [3.8, 4) is 11.5 Å². The third-order valence-electron chi connectivity index (χ3n) is 4.48. The molecule has 6 nitrogen and oxygen atoms in total. The number of nitrogens with one attached hydrogen (secondary N) is 1. The van der Waals surface area contributed by atoms with Gasteiger partial charge in [0.2, 0.25) is 6.79 Å². The van der Waals surface area contributed by atoms with Crippen LogP contribution in [0.5, 0.6) is 11.5 Å². The molecule has 0 saturated heterocycles. The van der Waals surface area contributed by atoms with E-state index in [0.717, 1.165) is 45.8 Å². The van der Waals surface area contributed by atoms with Gasteiger partial charge in [-0.15, -0.1) is 0 Å². The van der Waals surface area contributed by atoms with E-state index in [2.05, 4.69) is 15.3 Å². The molecule has 1 aliphatic heterocycles. The molecule has 2 aromatic carbocycles. The van der Waals surface area contributed by atoms with Gasteiger partial charge in [-0.2, -0.15) is 0 Å². The van der Waals surface area contributed by atoms with Crippen LogP contribution in [0.4, 0.5) is 5.82 Å². The van der Waals surface area contributed by atoms with Crippen LogP contribution in [0.2, 0.25) is 0 Å². The van der Waals surface area contributed by atoms with E-state index in [4.69, 9.17) is 13.9 Å². The van der Waals surface area contributed by atoms with Gasteiger partial charge in [-0.25, -0.2) is 9.97 Å². The van der Waals surface area contributed by atoms with Gasteiger partial charge in [-0.3, -0.25) is 0 Å². The number of fused-ring (bicyclic) bond motifs is 4. The molecule has 0 fully saturated rings. The summed E-state index contributed by atoms with van der Waals surface area (Å²) in [6.07, 6.45) is 0.758. The molecule has 0 radical (unpaired) electrons. The normalized spacial score (nSPS) is 12.3. The average Bonchev–Trinajstić information content (AvgIpc) is 3.29. The zero-order valence-electron chi connectivity index (χ0n) is 14.7. The third-order valence-corrected chi connectivity index (χ3v) is 4.48. The van der Waals surface area contributed by atoms with Crippen LogP contribution in [0.25, 0.3) is 22.1 Å². The quantitative estimate of drug-likeness (QED) is 0.573. The van der Waals surface area contributed by atoms with Crippen LogP contribution in [0.3, 0.4) is 0 Å². The van der Waals surface area contributed by atoms with Crippen LogP contribution in [-0.4, -0.2) is 16.8 Å². The first-order valence-electron chi connectivity index (χ1n) is 8.62. The molecule has 138 valence electrons. The Morgan fingerprint density at radius 2 is 1.89 bits per heavy atom. The second-order valence-electron chi connectivity index (χ2n) is 6.16. The lowest BCUT2D eigenvalue weighted by atomic mass is 10.2. The van der Waals surface area contributed by atoms with Crippen LogP contribution in [-0.2, 0) is 13.0 Å². The van der Waals surface area contributed by atoms with Crippen LogP contribution in [0, 0.1) is 0 Å². The molecular formula is C20H17ClN3O3-. The van der Waals surface area contributed by atoms with E-state index < -0.39 is 0 Å². The Morgan fingerprint density at radius 3 is 2.78 bits per heavy atom. The Balaban J connectivity index is 0.00000180. The largest absolute Gasteiger partial charge is 1.00 e. The fraction of sp³-hybridized carbons (Fsp3) is 0.200. The van der Waals surface area contributed by atoms with E-state index in [1.807, 2.05) is 49.4 Å². The Hall–Kier alpha value is -2.99. The lowest BCUT2D eigenvalue weighted by molar-refractivity contribution is -0.00000731. The molecule has 0 bridgehead atoms. The topological polar surface area (TPSA) is 69.4 Å². The zero-order valence-corrected chi connectivity index (χ0v) is 15.4. The Morgan fingerprint density at radius 1 is 1.04 bits per heavy atom. The number of ether oxygens (including phenoxy) is 2. The summed E-state index contributed by atoms with van der Waals surface area (Å²) in [6, 6.07) is 13.8. The summed E-state index contributed by atoms with van der Waals surface area (Å²) in [4.78, 5) is 9.29. The molecule has 0 spiro atoms. The number of hydrogen-bond acceptors (Lipinski definition) is 6. The van der Waals surface area contributed by atoms with E-state index in [0.29, 0.717) is 17.9 Å². The van der Waals surface area contributed by atoms with Crippen molar-refractivity contribution in [1.82, 2.24) is 9.97 Å². The van der Waals surface area contributed by atoms with E-state index >= 15 is 0 Å². The molecule has 0 unspecified atom stereocenters. The minimum atomic E-state index is 0. The van der Waals surface area contributed by atoms with E-state index in [1.165, 1.54) is 0 Å². The van der Waals surface area contributed by atoms with Crippen molar-refractivity contribution in [2.45, 2.75) is 19.9 Å². The van der Waals surface area contributed by atoms with Gasteiger partial charge >= 0.3 is 0 Å². The van der Waals surface area contributed by atoms with Crippen LogP contribution in [0.15, 0.2) is 46.9 Å².